The van der Waals surface area contributed by atoms with Gasteiger partial charge in [-0.2, -0.15) is 5.26 Å². The van der Waals surface area contributed by atoms with Crippen LogP contribution in [0.15, 0.2) is 65.3 Å². The third-order valence-electron chi connectivity index (χ3n) is 4.30. The van der Waals surface area contributed by atoms with Crippen LogP contribution in [0.3, 0.4) is 0 Å². The lowest BCUT2D eigenvalue weighted by Crippen LogP contribution is -2.26. The molecule has 0 fully saturated rings. The van der Waals surface area contributed by atoms with Gasteiger partial charge in [-0.1, -0.05) is 42.5 Å². The molecular formula is C21H20N2O3. The third-order valence-corrected chi connectivity index (χ3v) is 4.30. The van der Waals surface area contributed by atoms with E-state index in [4.69, 9.17) is 15.2 Å². The Morgan fingerprint density at radius 1 is 1.23 bits per heavy atom. The Bertz CT molecular complexity index is 975. The second kappa shape index (κ2) is 6.93. The van der Waals surface area contributed by atoms with Crippen LogP contribution in [0.1, 0.15) is 32.3 Å². The first-order valence-electron chi connectivity index (χ1n) is 8.41. The maximum Gasteiger partial charge on any atom is 0.338 e. The number of nitriles is 1. The first-order valence-corrected chi connectivity index (χ1v) is 8.41. The van der Waals surface area contributed by atoms with Gasteiger partial charge in [0.25, 0.3) is 0 Å². The quantitative estimate of drug-likeness (QED) is 0.851. The van der Waals surface area contributed by atoms with Crippen molar-refractivity contribution in [1.82, 2.24) is 0 Å². The van der Waals surface area contributed by atoms with Gasteiger partial charge in [0.1, 0.15) is 17.4 Å². The number of rotatable bonds is 3. The minimum absolute atomic E-state index is 0.0176. The van der Waals surface area contributed by atoms with Crippen molar-refractivity contribution in [2.45, 2.75) is 32.8 Å². The van der Waals surface area contributed by atoms with Crippen molar-refractivity contribution in [3.8, 4) is 6.07 Å². The van der Waals surface area contributed by atoms with Crippen LogP contribution in [-0.2, 0) is 14.3 Å². The highest BCUT2D eigenvalue weighted by molar-refractivity contribution is 5.95. The number of allylic oxidation sites excluding steroid dienone is 2. The monoisotopic (exact) mass is 348 g/mol. The average Bonchev–Trinajstić information content (AvgIpc) is 2.60. The molecule has 0 aliphatic carbocycles. The molecule has 0 saturated heterocycles. The molecule has 1 aliphatic rings. The van der Waals surface area contributed by atoms with Crippen LogP contribution in [0.25, 0.3) is 10.8 Å². The molecule has 1 heterocycles. The minimum Gasteiger partial charge on any atom is -0.459 e. The van der Waals surface area contributed by atoms with E-state index in [-0.39, 0.29) is 17.6 Å². The highest BCUT2D eigenvalue weighted by atomic mass is 16.5. The maximum absolute atomic E-state index is 12.8. The molecule has 0 saturated carbocycles. The summed E-state index contributed by atoms with van der Waals surface area (Å²) in [5.74, 6) is -0.768. The van der Waals surface area contributed by atoms with E-state index < -0.39 is 11.9 Å². The first-order chi connectivity index (χ1) is 12.4. The van der Waals surface area contributed by atoms with Crippen LogP contribution in [0.4, 0.5) is 0 Å². The van der Waals surface area contributed by atoms with Crippen molar-refractivity contribution in [3.63, 3.8) is 0 Å². The van der Waals surface area contributed by atoms with Crippen molar-refractivity contribution in [2.75, 3.05) is 0 Å². The average molecular weight is 348 g/mol. The fourth-order valence-electron chi connectivity index (χ4n) is 3.24. The summed E-state index contributed by atoms with van der Waals surface area (Å²) in [4.78, 5) is 12.8. The summed E-state index contributed by atoms with van der Waals surface area (Å²) < 4.78 is 10.9. The van der Waals surface area contributed by atoms with Gasteiger partial charge in [-0.05, 0) is 37.1 Å². The molecule has 3 rings (SSSR count). The van der Waals surface area contributed by atoms with Gasteiger partial charge in [-0.3, -0.25) is 0 Å². The van der Waals surface area contributed by atoms with E-state index in [1.165, 1.54) is 0 Å². The molecule has 5 heteroatoms. The van der Waals surface area contributed by atoms with Gasteiger partial charge in [-0.15, -0.1) is 0 Å². The van der Waals surface area contributed by atoms with Gasteiger partial charge < -0.3 is 15.2 Å². The molecule has 0 aromatic heterocycles. The number of hydrogen-bond acceptors (Lipinski definition) is 5. The minimum atomic E-state index is -0.633. The zero-order chi connectivity index (χ0) is 18.8. The van der Waals surface area contributed by atoms with Crippen molar-refractivity contribution < 1.29 is 14.3 Å². The van der Waals surface area contributed by atoms with E-state index in [1.54, 1.807) is 20.8 Å². The summed E-state index contributed by atoms with van der Waals surface area (Å²) in [5.41, 5.74) is 7.30. The lowest BCUT2D eigenvalue weighted by Gasteiger charge is -2.28. The summed E-state index contributed by atoms with van der Waals surface area (Å²) in [6.07, 6.45) is -0.287. The van der Waals surface area contributed by atoms with Crippen molar-refractivity contribution in [1.29, 1.82) is 5.26 Å². The Kier molecular flexibility index (Phi) is 4.68. The lowest BCUT2D eigenvalue weighted by atomic mass is 9.81. The molecule has 0 unspecified atom stereocenters. The molecule has 0 amide bonds. The number of carbonyl (C=O) groups is 1. The Morgan fingerprint density at radius 2 is 1.92 bits per heavy atom. The second-order valence-electron chi connectivity index (χ2n) is 6.42. The van der Waals surface area contributed by atoms with Gasteiger partial charge in [0.05, 0.1) is 17.6 Å². The smallest absolute Gasteiger partial charge is 0.338 e. The third kappa shape index (κ3) is 3.02. The number of ether oxygens (including phenoxy) is 2. The van der Waals surface area contributed by atoms with Crippen molar-refractivity contribution in [2.24, 2.45) is 5.73 Å². The molecule has 1 atom stereocenters. The summed E-state index contributed by atoms with van der Waals surface area (Å²) in [5, 5.41) is 11.7. The van der Waals surface area contributed by atoms with E-state index in [2.05, 4.69) is 6.07 Å². The topological polar surface area (TPSA) is 85.3 Å². The molecular weight excluding hydrogens is 328 g/mol. The zero-order valence-corrected chi connectivity index (χ0v) is 14.9. The largest absolute Gasteiger partial charge is 0.459 e. The number of esters is 1. The van der Waals surface area contributed by atoms with Gasteiger partial charge in [0.15, 0.2) is 0 Å². The molecule has 0 bridgehead atoms. The second-order valence-corrected chi connectivity index (χ2v) is 6.42. The number of hydrogen-bond donors (Lipinski definition) is 1. The zero-order valence-electron chi connectivity index (χ0n) is 14.9. The summed E-state index contributed by atoms with van der Waals surface area (Å²) in [6.45, 7) is 5.22. The van der Waals surface area contributed by atoms with Gasteiger partial charge in [0.2, 0.25) is 5.88 Å². The lowest BCUT2D eigenvalue weighted by molar-refractivity contribution is -0.143. The standard InChI is InChI=1S/C21H20N2O3/c1-12(2)25-21(24)18-13(3)26-20(23)17(11-22)19(18)16-10-6-8-14-7-4-5-9-15(14)16/h4-10,12,19H,23H2,1-3H3/t19-/m1/s1. The highest BCUT2D eigenvalue weighted by Gasteiger charge is 2.37. The molecule has 1 aliphatic heterocycles. The molecule has 0 radical (unpaired) electrons. The molecule has 5 nitrogen and oxygen atoms in total. The SMILES string of the molecule is CC1=C(C(=O)OC(C)C)[C@H](c2cccc3ccccc23)C(C#N)=C(N)O1. The molecule has 2 aromatic rings. The summed E-state index contributed by atoms with van der Waals surface area (Å²) in [6, 6.07) is 15.7. The predicted molar refractivity (Wildman–Crippen MR) is 98.5 cm³/mol. The Morgan fingerprint density at radius 3 is 2.62 bits per heavy atom. The number of fused-ring (bicyclic) bond motifs is 1. The van der Waals surface area contributed by atoms with E-state index in [0.717, 1.165) is 16.3 Å². The first kappa shape index (κ1) is 17.6. The Hall–Kier alpha value is -3.26. The summed E-state index contributed by atoms with van der Waals surface area (Å²) >= 11 is 0. The van der Waals surface area contributed by atoms with Gasteiger partial charge in [0, 0.05) is 0 Å². The van der Waals surface area contributed by atoms with Crippen LogP contribution in [0, 0.1) is 11.3 Å². The Labute approximate surface area is 152 Å². The van der Waals surface area contributed by atoms with E-state index in [1.807, 2.05) is 42.5 Å². The summed E-state index contributed by atoms with van der Waals surface area (Å²) in [7, 11) is 0. The number of nitrogens with zero attached hydrogens (tertiary/aromatic N) is 1. The van der Waals surface area contributed by atoms with Gasteiger partial charge >= 0.3 is 5.97 Å². The van der Waals surface area contributed by atoms with Crippen molar-refractivity contribution >= 4 is 16.7 Å². The number of benzene rings is 2. The van der Waals surface area contributed by atoms with Crippen LogP contribution < -0.4 is 5.73 Å². The van der Waals surface area contributed by atoms with E-state index in [0.29, 0.717) is 11.3 Å². The van der Waals surface area contributed by atoms with Crippen LogP contribution >= 0.6 is 0 Å². The normalized spacial score (nSPS) is 17.3. The van der Waals surface area contributed by atoms with Crippen LogP contribution in [0.2, 0.25) is 0 Å². The Balaban J connectivity index is 2.25. The fourth-order valence-corrected chi connectivity index (χ4v) is 3.24. The van der Waals surface area contributed by atoms with Crippen LogP contribution in [0.5, 0.6) is 0 Å². The highest BCUT2D eigenvalue weighted by Crippen LogP contribution is 2.42. The molecule has 2 aromatic carbocycles. The molecule has 2 N–H and O–H groups in total. The molecule has 26 heavy (non-hydrogen) atoms. The fraction of sp³-hybridized carbons (Fsp3) is 0.238. The predicted octanol–water partition coefficient (Wildman–Crippen LogP) is 3.87. The van der Waals surface area contributed by atoms with Crippen LogP contribution in [-0.4, -0.2) is 12.1 Å². The van der Waals surface area contributed by atoms with Gasteiger partial charge in [-0.25, -0.2) is 4.79 Å². The number of carbonyl (C=O) groups excluding carboxylic acids is 1. The van der Waals surface area contributed by atoms with Crippen molar-refractivity contribution in [3.05, 3.63) is 70.8 Å². The van der Waals surface area contributed by atoms with E-state index >= 15 is 0 Å². The van der Waals surface area contributed by atoms with E-state index in [9.17, 15) is 10.1 Å². The molecule has 0 spiro atoms. The molecule has 132 valence electrons. The number of nitrogens with two attached hydrogens (primary N) is 1. The maximum atomic E-state index is 12.8.